The Labute approximate surface area is 120 Å². The second kappa shape index (κ2) is 8.40. The van der Waals surface area contributed by atoms with Gasteiger partial charge in [0.2, 0.25) is 0 Å². The number of allylic oxidation sites excluding steroid dienone is 2. The summed E-state index contributed by atoms with van der Waals surface area (Å²) in [5.41, 5.74) is 2.40. The van der Waals surface area contributed by atoms with Gasteiger partial charge in [-0.05, 0) is 37.7 Å². The Bertz CT molecular complexity index is 402. The highest BCUT2D eigenvalue weighted by molar-refractivity contribution is 5.75. The topological polar surface area (TPSA) is 67.4 Å². The van der Waals surface area contributed by atoms with Gasteiger partial charge >= 0.3 is 12.0 Å². The third-order valence-electron chi connectivity index (χ3n) is 3.46. The number of hydrogen-bond acceptors (Lipinski definition) is 3. The van der Waals surface area contributed by atoms with Crippen LogP contribution < -0.4 is 10.6 Å². The van der Waals surface area contributed by atoms with E-state index in [0.29, 0.717) is 12.5 Å². The first-order valence-electron chi connectivity index (χ1n) is 6.97. The molecule has 1 aliphatic carbocycles. The van der Waals surface area contributed by atoms with Gasteiger partial charge in [-0.15, -0.1) is 0 Å². The largest absolute Gasteiger partial charge is 0.461 e. The number of carbonyl (C=O) groups excluding carboxylic acids is 2. The standard InChI is InChI=1S/C15H24N2O3/c1-11(2)13-6-4-12(5-7-13)10-20-14(18)8-9-17-15(19)16-3/h4,13H,1,5-10H2,2-3H3,(H2,16,17,19)/t13-/m1/s1. The lowest BCUT2D eigenvalue weighted by molar-refractivity contribution is -0.142. The minimum atomic E-state index is -0.293. The Balaban J connectivity index is 2.18. The van der Waals surface area contributed by atoms with Crippen LogP contribution in [0.4, 0.5) is 4.79 Å². The van der Waals surface area contributed by atoms with Crippen LogP contribution in [0.3, 0.4) is 0 Å². The summed E-state index contributed by atoms with van der Waals surface area (Å²) in [6, 6.07) is -0.293. The quantitative estimate of drug-likeness (QED) is 0.578. The van der Waals surface area contributed by atoms with Gasteiger partial charge in [0.05, 0.1) is 6.42 Å². The van der Waals surface area contributed by atoms with E-state index in [4.69, 9.17) is 4.74 Å². The molecule has 0 radical (unpaired) electrons. The van der Waals surface area contributed by atoms with E-state index in [0.717, 1.165) is 19.3 Å². The summed E-state index contributed by atoms with van der Waals surface area (Å²) >= 11 is 0. The predicted octanol–water partition coefficient (Wildman–Crippen LogP) is 2.15. The van der Waals surface area contributed by atoms with Gasteiger partial charge in [-0.2, -0.15) is 0 Å². The molecule has 0 spiro atoms. The number of carbonyl (C=O) groups is 2. The van der Waals surface area contributed by atoms with Crippen molar-refractivity contribution in [3.05, 3.63) is 23.8 Å². The van der Waals surface area contributed by atoms with Crippen molar-refractivity contribution in [3.63, 3.8) is 0 Å². The maximum atomic E-state index is 11.5. The molecule has 0 heterocycles. The fourth-order valence-corrected chi connectivity index (χ4v) is 2.08. The van der Waals surface area contributed by atoms with Crippen molar-refractivity contribution in [1.82, 2.24) is 10.6 Å². The molecular weight excluding hydrogens is 256 g/mol. The Morgan fingerprint density at radius 2 is 2.25 bits per heavy atom. The third-order valence-corrected chi connectivity index (χ3v) is 3.46. The van der Waals surface area contributed by atoms with Gasteiger partial charge in [0.1, 0.15) is 6.61 Å². The summed E-state index contributed by atoms with van der Waals surface area (Å²) < 4.78 is 5.19. The zero-order valence-corrected chi connectivity index (χ0v) is 12.3. The highest BCUT2D eigenvalue weighted by Crippen LogP contribution is 2.28. The maximum Gasteiger partial charge on any atom is 0.314 e. The SMILES string of the molecule is C=C(C)[C@@H]1CC=C(COC(=O)CCNC(=O)NC)CC1. The van der Waals surface area contributed by atoms with Crippen LogP contribution in [-0.2, 0) is 9.53 Å². The molecule has 1 aliphatic rings. The molecule has 0 bridgehead atoms. The fourth-order valence-electron chi connectivity index (χ4n) is 2.08. The van der Waals surface area contributed by atoms with Crippen LogP contribution in [0.1, 0.15) is 32.6 Å². The normalized spacial score (nSPS) is 17.9. The molecule has 5 heteroatoms. The minimum absolute atomic E-state index is 0.190. The zero-order valence-electron chi connectivity index (χ0n) is 12.3. The lowest BCUT2D eigenvalue weighted by atomic mass is 9.86. The van der Waals surface area contributed by atoms with E-state index in [1.165, 1.54) is 18.2 Å². The molecular formula is C15H24N2O3. The molecule has 0 aromatic heterocycles. The van der Waals surface area contributed by atoms with Crippen molar-refractivity contribution >= 4 is 12.0 Å². The third kappa shape index (κ3) is 5.91. The van der Waals surface area contributed by atoms with Crippen LogP contribution >= 0.6 is 0 Å². The molecule has 0 aromatic rings. The summed E-state index contributed by atoms with van der Waals surface area (Å²) in [6.45, 7) is 6.69. The van der Waals surface area contributed by atoms with Gasteiger partial charge in [-0.1, -0.05) is 18.2 Å². The van der Waals surface area contributed by atoms with E-state index < -0.39 is 0 Å². The number of urea groups is 1. The summed E-state index contributed by atoms with van der Waals surface area (Å²) in [5.74, 6) is 0.274. The number of esters is 1. The fraction of sp³-hybridized carbons (Fsp3) is 0.600. The van der Waals surface area contributed by atoms with E-state index in [9.17, 15) is 9.59 Å². The minimum Gasteiger partial charge on any atom is -0.461 e. The van der Waals surface area contributed by atoms with E-state index >= 15 is 0 Å². The van der Waals surface area contributed by atoms with Crippen molar-refractivity contribution in [2.75, 3.05) is 20.2 Å². The molecule has 0 aromatic carbocycles. The predicted molar refractivity (Wildman–Crippen MR) is 78.3 cm³/mol. The van der Waals surface area contributed by atoms with Gasteiger partial charge in [0, 0.05) is 13.6 Å². The van der Waals surface area contributed by atoms with Crippen LogP contribution in [0.15, 0.2) is 23.8 Å². The van der Waals surface area contributed by atoms with Crippen molar-refractivity contribution in [1.29, 1.82) is 0 Å². The van der Waals surface area contributed by atoms with Crippen molar-refractivity contribution in [2.45, 2.75) is 32.6 Å². The van der Waals surface area contributed by atoms with Gasteiger partial charge in [0.25, 0.3) is 0 Å². The summed E-state index contributed by atoms with van der Waals surface area (Å²) in [5, 5.41) is 4.96. The smallest absolute Gasteiger partial charge is 0.314 e. The zero-order chi connectivity index (χ0) is 15.0. The number of hydrogen-bond donors (Lipinski definition) is 2. The van der Waals surface area contributed by atoms with Crippen molar-refractivity contribution in [2.24, 2.45) is 5.92 Å². The average Bonchev–Trinajstić information content (AvgIpc) is 2.45. The highest BCUT2D eigenvalue weighted by Gasteiger charge is 2.15. The molecule has 1 atom stereocenters. The first-order chi connectivity index (χ1) is 9.52. The maximum absolute atomic E-state index is 11.5. The number of amides is 2. The molecule has 0 saturated heterocycles. The molecule has 0 aliphatic heterocycles. The van der Waals surface area contributed by atoms with E-state index in [2.05, 4.69) is 30.2 Å². The summed E-state index contributed by atoms with van der Waals surface area (Å²) in [4.78, 5) is 22.4. The molecule has 2 N–H and O–H groups in total. The number of rotatable bonds is 6. The lowest BCUT2D eigenvalue weighted by Crippen LogP contribution is -2.34. The summed E-state index contributed by atoms with van der Waals surface area (Å²) in [6.07, 6.45) is 5.37. The van der Waals surface area contributed by atoms with E-state index in [1.807, 2.05) is 0 Å². The molecule has 1 rings (SSSR count). The Morgan fingerprint density at radius 3 is 2.80 bits per heavy atom. The summed E-state index contributed by atoms with van der Waals surface area (Å²) in [7, 11) is 1.53. The van der Waals surface area contributed by atoms with Crippen molar-refractivity contribution in [3.8, 4) is 0 Å². The Kier molecular flexibility index (Phi) is 6.84. The number of ether oxygens (including phenoxy) is 1. The van der Waals surface area contributed by atoms with Crippen LogP contribution in [0.25, 0.3) is 0 Å². The first-order valence-corrected chi connectivity index (χ1v) is 6.97. The van der Waals surface area contributed by atoms with Gasteiger partial charge in [0.15, 0.2) is 0 Å². The van der Waals surface area contributed by atoms with Crippen LogP contribution in [0.5, 0.6) is 0 Å². The Hall–Kier alpha value is -1.78. The van der Waals surface area contributed by atoms with Crippen LogP contribution in [0.2, 0.25) is 0 Å². The first kappa shape index (κ1) is 16.3. The van der Waals surface area contributed by atoms with Gasteiger partial charge in [-0.25, -0.2) is 4.79 Å². The Morgan fingerprint density at radius 1 is 1.50 bits per heavy atom. The average molecular weight is 280 g/mol. The molecule has 112 valence electrons. The van der Waals surface area contributed by atoms with Gasteiger partial charge in [-0.3, -0.25) is 4.79 Å². The van der Waals surface area contributed by atoms with Crippen LogP contribution in [-0.4, -0.2) is 32.2 Å². The van der Waals surface area contributed by atoms with Gasteiger partial charge < -0.3 is 15.4 Å². The second-order valence-corrected chi connectivity index (χ2v) is 5.10. The van der Waals surface area contributed by atoms with Crippen molar-refractivity contribution < 1.29 is 14.3 Å². The number of nitrogens with one attached hydrogen (secondary N) is 2. The second-order valence-electron chi connectivity index (χ2n) is 5.10. The lowest BCUT2D eigenvalue weighted by Gasteiger charge is -2.22. The molecule has 20 heavy (non-hydrogen) atoms. The van der Waals surface area contributed by atoms with Crippen LogP contribution in [0, 0.1) is 5.92 Å². The molecule has 2 amide bonds. The molecule has 0 saturated carbocycles. The van der Waals surface area contributed by atoms with E-state index in [1.54, 1.807) is 0 Å². The molecule has 5 nitrogen and oxygen atoms in total. The molecule has 0 unspecified atom stereocenters. The van der Waals surface area contributed by atoms with E-state index in [-0.39, 0.29) is 25.0 Å². The highest BCUT2D eigenvalue weighted by atomic mass is 16.5. The monoisotopic (exact) mass is 280 g/mol. The molecule has 0 fully saturated rings.